The largest absolute Gasteiger partial charge is 0.325 e. The van der Waals surface area contributed by atoms with Gasteiger partial charge < -0.3 is 4.98 Å². The van der Waals surface area contributed by atoms with Crippen molar-refractivity contribution in [2.24, 2.45) is 0 Å². The van der Waals surface area contributed by atoms with E-state index in [1.807, 2.05) is 18.4 Å². The first kappa shape index (κ1) is 20.9. The Balaban J connectivity index is 1.74. The van der Waals surface area contributed by atoms with Gasteiger partial charge in [0.1, 0.15) is 5.82 Å². The topological polar surface area (TPSA) is 96.4 Å². The molecule has 0 atom stereocenters. The van der Waals surface area contributed by atoms with Crippen molar-refractivity contribution in [1.82, 2.24) is 24.7 Å². The monoisotopic (exact) mass is 433 g/mol. The summed E-state index contributed by atoms with van der Waals surface area (Å²) in [6, 6.07) is 16.0. The lowest BCUT2D eigenvalue weighted by Crippen LogP contribution is -2.23. The summed E-state index contributed by atoms with van der Waals surface area (Å²) < 4.78 is 2.01. The van der Waals surface area contributed by atoms with Gasteiger partial charge in [-0.3, -0.25) is 14.3 Å². The quantitative estimate of drug-likeness (QED) is 0.454. The summed E-state index contributed by atoms with van der Waals surface area (Å²) in [4.78, 5) is 28.3. The Morgan fingerprint density at radius 2 is 1.65 bits per heavy atom. The molecule has 0 aliphatic carbocycles. The number of aromatic amines is 2. The Labute approximate surface area is 183 Å². The number of aromatic nitrogens is 5. The van der Waals surface area contributed by atoms with E-state index in [0.29, 0.717) is 11.5 Å². The zero-order valence-corrected chi connectivity index (χ0v) is 18.4. The van der Waals surface area contributed by atoms with Gasteiger partial charge in [0.05, 0.1) is 5.69 Å². The molecule has 0 aliphatic rings. The number of aryl methyl sites for hydroxylation is 3. The van der Waals surface area contributed by atoms with Crippen LogP contribution >= 0.6 is 11.8 Å². The molecule has 4 rings (SSSR count). The molecule has 158 valence electrons. The standard InChI is InChI=1S/C23H23N5O2S/c1-14-5-8-17(9-6-14)13-31-23-27-26-20(11-18-12-21(29)25-22(30)24-18)28(23)19-10-15(2)4-7-16(19)3/h4-10,12H,11,13H2,1-3H3,(H2,24,25,29,30). The van der Waals surface area contributed by atoms with E-state index < -0.39 is 11.2 Å². The zero-order chi connectivity index (χ0) is 22.0. The summed E-state index contributed by atoms with van der Waals surface area (Å²) >= 11 is 1.60. The van der Waals surface area contributed by atoms with Crippen molar-refractivity contribution in [3.63, 3.8) is 0 Å². The van der Waals surface area contributed by atoms with Crippen LogP contribution in [0.25, 0.3) is 5.69 Å². The van der Waals surface area contributed by atoms with Crippen molar-refractivity contribution in [1.29, 1.82) is 0 Å². The molecular formula is C23H23N5O2S. The molecule has 0 saturated carbocycles. The van der Waals surface area contributed by atoms with Gasteiger partial charge in [0, 0.05) is 23.9 Å². The number of H-pyrrole nitrogens is 2. The van der Waals surface area contributed by atoms with Gasteiger partial charge in [-0.15, -0.1) is 10.2 Å². The molecule has 2 aromatic carbocycles. The Hall–Kier alpha value is -3.39. The Kier molecular flexibility index (Phi) is 5.90. The van der Waals surface area contributed by atoms with E-state index in [-0.39, 0.29) is 6.42 Å². The molecule has 0 radical (unpaired) electrons. The predicted molar refractivity (Wildman–Crippen MR) is 122 cm³/mol. The minimum Gasteiger partial charge on any atom is -0.311 e. The highest BCUT2D eigenvalue weighted by Gasteiger charge is 2.17. The van der Waals surface area contributed by atoms with Gasteiger partial charge in [-0.1, -0.05) is 53.7 Å². The number of nitrogens with one attached hydrogen (secondary N) is 2. The second-order valence-electron chi connectivity index (χ2n) is 7.59. The van der Waals surface area contributed by atoms with Crippen LogP contribution in [0.2, 0.25) is 0 Å². The number of rotatable bonds is 6. The maximum absolute atomic E-state index is 11.7. The van der Waals surface area contributed by atoms with E-state index in [1.165, 1.54) is 17.2 Å². The SMILES string of the molecule is Cc1ccc(CSc2nnc(Cc3cc(=O)[nH]c(=O)[nH]3)n2-c2cc(C)ccc2C)cc1. The van der Waals surface area contributed by atoms with Crippen LogP contribution in [0.5, 0.6) is 0 Å². The fourth-order valence-corrected chi connectivity index (χ4v) is 4.25. The van der Waals surface area contributed by atoms with Crippen molar-refractivity contribution in [2.45, 2.75) is 38.1 Å². The molecule has 0 fully saturated rings. The number of hydrogen-bond acceptors (Lipinski definition) is 5. The van der Waals surface area contributed by atoms with Crippen LogP contribution < -0.4 is 11.2 Å². The fourth-order valence-electron chi connectivity index (χ4n) is 3.33. The van der Waals surface area contributed by atoms with Crippen LogP contribution in [0.15, 0.2) is 63.3 Å². The first-order chi connectivity index (χ1) is 14.9. The minimum absolute atomic E-state index is 0.282. The first-order valence-corrected chi connectivity index (χ1v) is 10.9. The predicted octanol–water partition coefficient (Wildman–Crippen LogP) is 3.45. The molecule has 0 aliphatic heterocycles. The average molecular weight is 434 g/mol. The van der Waals surface area contributed by atoms with Gasteiger partial charge in [0.25, 0.3) is 5.56 Å². The number of nitrogens with zero attached hydrogens (tertiary/aromatic N) is 3. The van der Waals surface area contributed by atoms with E-state index in [1.54, 1.807) is 11.8 Å². The smallest absolute Gasteiger partial charge is 0.311 e. The maximum atomic E-state index is 11.7. The second kappa shape index (κ2) is 8.77. The van der Waals surface area contributed by atoms with Crippen LogP contribution in [0.1, 0.15) is 33.8 Å². The van der Waals surface area contributed by atoms with Crippen LogP contribution in [-0.4, -0.2) is 24.7 Å². The number of benzene rings is 2. The van der Waals surface area contributed by atoms with Crippen LogP contribution in [0.3, 0.4) is 0 Å². The average Bonchev–Trinajstić information content (AvgIpc) is 3.11. The summed E-state index contributed by atoms with van der Waals surface area (Å²) in [5.74, 6) is 1.41. The molecule has 2 aromatic heterocycles. The lowest BCUT2D eigenvalue weighted by atomic mass is 10.1. The molecule has 0 amide bonds. The molecule has 2 heterocycles. The normalized spacial score (nSPS) is 11.1. The molecule has 31 heavy (non-hydrogen) atoms. The summed E-state index contributed by atoms with van der Waals surface area (Å²) in [6.45, 7) is 6.15. The highest BCUT2D eigenvalue weighted by molar-refractivity contribution is 7.98. The van der Waals surface area contributed by atoms with Crippen LogP contribution in [-0.2, 0) is 12.2 Å². The van der Waals surface area contributed by atoms with Crippen molar-refractivity contribution in [3.8, 4) is 5.69 Å². The lowest BCUT2D eigenvalue weighted by Gasteiger charge is -2.14. The van der Waals surface area contributed by atoms with Crippen molar-refractivity contribution in [3.05, 3.63) is 103 Å². The Morgan fingerprint density at radius 3 is 2.39 bits per heavy atom. The van der Waals surface area contributed by atoms with E-state index >= 15 is 0 Å². The first-order valence-electron chi connectivity index (χ1n) is 9.92. The molecule has 0 saturated heterocycles. The third-order valence-electron chi connectivity index (χ3n) is 4.96. The van der Waals surface area contributed by atoms with Gasteiger partial charge in [-0.2, -0.15) is 0 Å². The van der Waals surface area contributed by atoms with Crippen LogP contribution in [0, 0.1) is 20.8 Å². The van der Waals surface area contributed by atoms with E-state index in [4.69, 9.17) is 0 Å². The van der Waals surface area contributed by atoms with Gasteiger partial charge in [0.2, 0.25) is 0 Å². The molecule has 8 heteroatoms. The lowest BCUT2D eigenvalue weighted by molar-refractivity contribution is 0.823. The molecule has 7 nitrogen and oxygen atoms in total. The summed E-state index contributed by atoms with van der Waals surface area (Å²) in [7, 11) is 0. The van der Waals surface area contributed by atoms with E-state index in [2.05, 4.69) is 69.6 Å². The van der Waals surface area contributed by atoms with Crippen molar-refractivity contribution in [2.75, 3.05) is 0 Å². The third-order valence-corrected chi connectivity index (χ3v) is 5.96. The highest BCUT2D eigenvalue weighted by atomic mass is 32.2. The van der Waals surface area contributed by atoms with Gasteiger partial charge in [0.15, 0.2) is 5.16 Å². The number of hydrogen-bond donors (Lipinski definition) is 2. The molecule has 4 aromatic rings. The molecular weight excluding hydrogens is 410 g/mol. The molecule has 2 N–H and O–H groups in total. The van der Waals surface area contributed by atoms with Crippen molar-refractivity contribution >= 4 is 11.8 Å². The van der Waals surface area contributed by atoms with E-state index in [0.717, 1.165) is 27.7 Å². The molecule has 0 spiro atoms. The van der Waals surface area contributed by atoms with Crippen molar-refractivity contribution < 1.29 is 0 Å². The molecule has 0 unspecified atom stereocenters. The minimum atomic E-state index is -0.533. The zero-order valence-electron chi connectivity index (χ0n) is 17.6. The Morgan fingerprint density at radius 1 is 0.903 bits per heavy atom. The summed E-state index contributed by atoms with van der Waals surface area (Å²) in [6.07, 6.45) is 0.282. The van der Waals surface area contributed by atoms with Gasteiger partial charge in [-0.05, 0) is 43.5 Å². The van der Waals surface area contributed by atoms with E-state index in [9.17, 15) is 9.59 Å². The third kappa shape index (κ3) is 4.86. The molecule has 0 bridgehead atoms. The summed E-state index contributed by atoms with van der Waals surface area (Å²) in [5.41, 5.74) is 5.14. The Bertz CT molecular complexity index is 1310. The maximum Gasteiger partial charge on any atom is 0.325 e. The summed E-state index contributed by atoms with van der Waals surface area (Å²) in [5, 5.41) is 9.60. The fraction of sp³-hybridized carbons (Fsp3) is 0.217. The van der Waals surface area contributed by atoms with Gasteiger partial charge >= 0.3 is 5.69 Å². The van der Waals surface area contributed by atoms with Crippen LogP contribution in [0.4, 0.5) is 0 Å². The second-order valence-corrected chi connectivity index (χ2v) is 8.53. The number of thioether (sulfide) groups is 1. The van der Waals surface area contributed by atoms with Gasteiger partial charge in [-0.25, -0.2) is 4.79 Å². The highest BCUT2D eigenvalue weighted by Crippen LogP contribution is 2.28.